The Labute approximate surface area is 202 Å². The zero-order chi connectivity index (χ0) is 24.3. The molecule has 10 nitrogen and oxygen atoms in total. The van der Waals surface area contributed by atoms with Crippen molar-refractivity contribution >= 4 is 34.2 Å². The van der Waals surface area contributed by atoms with Gasteiger partial charge in [-0.3, -0.25) is 4.79 Å². The number of hydrogen-bond acceptors (Lipinski definition) is 8. The van der Waals surface area contributed by atoms with Crippen LogP contribution in [0.15, 0.2) is 36.3 Å². The van der Waals surface area contributed by atoms with Crippen molar-refractivity contribution in [1.82, 2.24) is 14.7 Å². The highest BCUT2D eigenvalue weighted by Crippen LogP contribution is 2.26. The summed E-state index contributed by atoms with van der Waals surface area (Å²) < 4.78 is 25.3. The number of hydrogen-bond donors (Lipinski definition) is 4. The second-order valence-electron chi connectivity index (χ2n) is 7.68. The molecule has 0 bridgehead atoms. The number of amides is 1. The Kier molecular flexibility index (Phi) is 9.80. The molecule has 1 saturated heterocycles. The van der Waals surface area contributed by atoms with Gasteiger partial charge in [0.05, 0.1) is 12.3 Å². The second kappa shape index (κ2) is 13.0. The number of anilines is 3. The van der Waals surface area contributed by atoms with Crippen LogP contribution in [-0.4, -0.2) is 52.5 Å². The molecule has 0 spiro atoms. The first-order valence-electron chi connectivity index (χ1n) is 11.3. The Morgan fingerprint density at radius 3 is 2.82 bits per heavy atom. The molecule has 1 aliphatic heterocycles. The van der Waals surface area contributed by atoms with E-state index in [-0.39, 0.29) is 17.6 Å². The first-order valence-corrected chi connectivity index (χ1v) is 12.5. The molecule has 0 saturated carbocycles. The molecule has 1 aromatic carbocycles. The van der Waals surface area contributed by atoms with Crippen LogP contribution in [0.1, 0.15) is 42.4 Å². The first kappa shape index (κ1) is 25.6. The van der Waals surface area contributed by atoms with E-state index in [1.54, 1.807) is 6.07 Å². The number of rotatable bonds is 13. The highest BCUT2D eigenvalue weighted by molar-refractivity contribution is 7.86. The van der Waals surface area contributed by atoms with Gasteiger partial charge in [0.25, 0.3) is 5.91 Å². The van der Waals surface area contributed by atoms with Crippen LogP contribution < -0.4 is 25.8 Å². The van der Waals surface area contributed by atoms with E-state index in [0.29, 0.717) is 62.2 Å². The Bertz CT molecular complexity index is 1010. The zero-order valence-electron chi connectivity index (χ0n) is 19.3. The minimum Gasteiger partial charge on any atom is -0.493 e. The molecule has 1 amide bonds. The summed E-state index contributed by atoms with van der Waals surface area (Å²) in [6, 6.07) is 7.55. The van der Waals surface area contributed by atoms with E-state index in [4.69, 9.17) is 15.2 Å². The summed E-state index contributed by atoms with van der Waals surface area (Å²) in [7, 11) is -1.23. The number of nitrogens with two attached hydrogens (primary N) is 1. The van der Waals surface area contributed by atoms with Gasteiger partial charge in [0.15, 0.2) is 17.3 Å². The van der Waals surface area contributed by atoms with Crippen molar-refractivity contribution in [1.29, 1.82) is 0 Å². The van der Waals surface area contributed by atoms with Crippen LogP contribution >= 0.6 is 0 Å². The SMILES string of the molecule is C=CS(=O)NCCCOc1cccc(Nc2nc(NC3CCOCC3)c(CC)nc2C(N)=O)c1. The highest BCUT2D eigenvalue weighted by Gasteiger charge is 2.20. The summed E-state index contributed by atoms with van der Waals surface area (Å²) in [6.45, 7) is 7.81. The smallest absolute Gasteiger partial charge is 0.271 e. The molecule has 0 radical (unpaired) electrons. The van der Waals surface area contributed by atoms with Crippen LogP contribution in [-0.2, 0) is 22.1 Å². The molecule has 1 atom stereocenters. The maximum Gasteiger partial charge on any atom is 0.271 e. The topological polar surface area (TPSA) is 140 Å². The quantitative estimate of drug-likeness (QED) is 0.315. The van der Waals surface area contributed by atoms with Crippen molar-refractivity contribution in [2.75, 3.05) is 37.0 Å². The van der Waals surface area contributed by atoms with Gasteiger partial charge in [0, 0.05) is 43.0 Å². The average molecular weight is 489 g/mol. The fraction of sp³-hybridized carbons (Fsp3) is 0.435. The lowest BCUT2D eigenvalue weighted by Gasteiger charge is -2.25. The van der Waals surface area contributed by atoms with Crippen LogP contribution in [0, 0.1) is 0 Å². The van der Waals surface area contributed by atoms with Gasteiger partial charge in [-0.2, -0.15) is 0 Å². The molecule has 3 rings (SSSR count). The van der Waals surface area contributed by atoms with Gasteiger partial charge in [-0.1, -0.05) is 19.6 Å². The number of carbonyl (C=O) groups excluding carboxylic acids is 1. The number of carbonyl (C=O) groups is 1. The summed E-state index contributed by atoms with van der Waals surface area (Å²) in [6.07, 6.45) is 3.04. The molecule has 0 aliphatic carbocycles. The zero-order valence-corrected chi connectivity index (χ0v) is 20.2. The van der Waals surface area contributed by atoms with E-state index in [9.17, 15) is 9.00 Å². The van der Waals surface area contributed by atoms with Crippen molar-refractivity contribution in [3.8, 4) is 5.75 Å². The maximum atomic E-state index is 12.1. The number of aromatic nitrogens is 2. The van der Waals surface area contributed by atoms with Gasteiger partial charge >= 0.3 is 0 Å². The highest BCUT2D eigenvalue weighted by atomic mass is 32.2. The Morgan fingerprint density at radius 2 is 2.12 bits per heavy atom. The number of aryl methyl sites for hydroxylation is 1. The van der Waals surface area contributed by atoms with Crippen LogP contribution in [0.2, 0.25) is 0 Å². The molecule has 5 N–H and O–H groups in total. The number of nitrogens with zero attached hydrogens (tertiary/aromatic N) is 2. The van der Waals surface area contributed by atoms with Crippen LogP contribution in [0.3, 0.4) is 0 Å². The van der Waals surface area contributed by atoms with E-state index < -0.39 is 16.9 Å². The first-order chi connectivity index (χ1) is 16.5. The van der Waals surface area contributed by atoms with Crippen LogP contribution in [0.5, 0.6) is 5.75 Å². The minimum absolute atomic E-state index is 0.0852. The molecule has 1 aliphatic rings. The normalized spacial score (nSPS) is 14.9. The Balaban J connectivity index is 1.72. The van der Waals surface area contributed by atoms with E-state index in [2.05, 4.69) is 31.9 Å². The Hall–Kier alpha value is -3.02. The summed E-state index contributed by atoms with van der Waals surface area (Å²) in [5, 5.41) is 7.96. The lowest BCUT2D eigenvalue weighted by atomic mass is 10.1. The molecule has 1 fully saturated rings. The molecule has 34 heavy (non-hydrogen) atoms. The van der Waals surface area contributed by atoms with Crippen molar-refractivity contribution in [3.63, 3.8) is 0 Å². The van der Waals surface area contributed by atoms with Gasteiger partial charge in [-0.25, -0.2) is 18.9 Å². The van der Waals surface area contributed by atoms with Gasteiger partial charge < -0.3 is 25.8 Å². The van der Waals surface area contributed by atoms with Crippen molar-refractivity contribution in [2.45, 2.75) is 38.6 Å². The monoisotopic (exact) mass is 488 g/mol. The third-order valence-corrected chi connectivity index (χ3v) is 5.97. The van der Waals surface area contributed by atoms with Gasteiger partial charge in [-0.05, 0) is 37.8 Å². The lowest BCUT2D eigenvalue weighted by Crippen LogP contribution is -2.29. The third-order valence-electron chi connectivity index (χ3n) is 5.18. The molecular weight excluding hydrogens is 456 g/mol. The predicted molar refractivity (Wildman–Crippen MR) is 134 cm³/mol. The number of ether oxygens (including phenoxy) is 2. The van der Waals surface area contributed by atoms with E-state index >= 15 is 0 Å². The summed E-state index contributed by atoms with van der Waals surface area (Å²) >= 11 is 0. The predicted octanol–water partition coefficient (Wildman–Crippen LogP) is 2.64. The number of primary amides is 1. The molecule has 1 unspecified atom stereocenters. The molecule has 2 aromatic rings. The Morgan fingerprint density at radius 1 is 1.32 bits per heavy atom. The second-order valence-corrected chi connectivity index (χ2v) is 8.89. The molecule has 11 heteroatoms. The minimum atomic E-state index is -1.23. The maximum absolute atomic E-state index is 12.1. The van der Waals surface area contributed by atoms with E-state index in [0.717, 1.165) is 12.8 Å². The van der Waals surface area contributed by atoms with Gasteiger partial charge in [0.2, 0.25) is 0 Å². The van der Waals surface area contributed by atoms with Crippen molar-refractivity contribution < 1.29 is 18.5 Å². The van der Waals surface area contributed by atoms with Gasteiger partial charge in [-0.15, -0.1) is 0 Å². The van der Waals surface area contributed by atoms with Gasteiger partial charge in [0.1, 0.15) is 16.7 Å². The molecule has 184 valence electrons. The standard InChI is InChI=1S/C23H32N6O4S/c1-3-19-22(26-16-9-13-32-14-10-16)29-23(20(28-19)21(24)30)27-17-7-5-8-18(15-17)33-12-6-11-25-34(31)4-2/h4-5,7-8,15-16,25H,2-3,6,9-14H2,1H3,(H2,24,30)(H2,26,27,29). The number of nitrogens with one attached hydrogen (secondary N) is 3. The third kappa shape index (κ3) is 7.51. The summed E-state index contributed by atoms with van der Waals surface area (Å²) in [5.41, 5.74) is 7.06. The van der Waals surface area contributed by atoms with E-state index in [1.807, 2.05) is 25.1 Å². The molecule has 2 heterocycles. The summed E-state index contributed by atoms with van der Waals surface area (Å²) in [4.78, 5) is 21.3. The fourth-order valence-corrected chi connectivity index (χ4v) is 3.88. The summed E-state index contributed by atoms with van der Waals surface area (Å²) in [5.74, 6) is 0.916. The lowest BCUT2D eigenvalue weighted by molar-refractivity contribution is 0.0903. The average Bonchev–Trinajstić information content (AvgIpc) is 2.84. The van der Waals surface area contributed by atoms with Crippen molar-refractivity contribution in [2.24, 2.45) is 5.73 Å². The van der Waals surface area contributed by atoms with Crippen LogP contribution in [0.4, 0.5) is 17.3 Å². The molecule has 1 aromatic heterocycles. The number of benzene rings is 1. The van der Waals surface area contributed by atoms with Crippen molar-refractivity contribution in [3.05, 3.63) is 47.6 Å². The van der Waals surface area contributed by atoms with Crippen LogP contribution in [0.25, 0.3) is 0 Å². The van der Waals surface area contributed by atoms with E-state index in [1.165, 1.54) is 5.41 Å². The molecular formula is C23H32N6O4S. The fourth-order valence-electron chi connectivity index (χ4n) is 3.42. The largest absolute Gasteiger partial charge is 0.493 e.